The molecule has 0 spiro atoms. The van der Waals surface area contributed by atoms with Crippen LogP contribution in [-0.2, 0) is 31.7 Å². The zero-order chi connectivity index (χ0) is 20.6. The number of rotatable bonds is 18. The topological polar surface area (TPSA) is 72.5 Å². The summed E-state index contributed by atoms with van der Waals surface area (Å²) < 4.78 is 35.3. The molecule has 0 fully saturated rings. The fraction of sp³-hybridized carbons (Fsp3) is 0.833. The molecule has 9 heteroatoms. The minimum Gasteiger partial charge on any atom is -0.463 e. The lowest BCUT2D eigenvalue weighted by Gasteiger charge is -2.34. The van der Waals surface area contributed by atoms with Crippen molar-refractivity contribution in [2.75, 3.05) is 39.6 Å². The molecule has 0 rings (SSSR count). The zero-order valence-corrected chi connectivity index (χ0v) is 19.7. The van der Waals surface area contributed by atoms with Crippen LogP contribution in [0, 0.1) is 0 Å². The second kappa shape index (κ2) is 15.4. The lowest BCUT2D eigenvalue weighted by Crippen LogP contribution is -2.50. The van der Waals surface area contributed by atoms with E-state index in [2.05, 4.69) is 6.58 Å². The number of ether oxygens (including phenoxy) is 1. The molecule has 0 atom stereocenters. The fourth-order valence-electron chi connectivity index (χ4n) is 2.90. The largest absolute Gasteiger partial charge is 0.500 e. The van der Waals surface area contributed by atoms with Gasteiger partial charge in [0.15, 0.2) is 0 Å². The highest BCUT2D eigenvalue weighted by molar-refractivity contribution is 6.70. The van der Waals surface area contributed by atoms with Gasteiger partial charge in [-0.2, -0.15) is 0 Å². The normalized spacial score (nSPS) is 12.2. The van der Waals surface area contributed by atoms with Crippen LogP contribution in [0.2, 0.25) is 18.1 Å². The lowest BCUT2D eigenvalue weighted by atomic mass is 10.5. The Morgan fingerprint density at radius 2 is 1.26 bits per heavy atom. The molecular formula is C18H38O7Si2. The molecule has 0 saturated heterocycles. The van der Waals surface area contributed by atoms with Crippen molar-refractivity contribution in [2.45, 2.75) is 59.2 Å². The SMILES string of the molecule is C=CC(=O)OCCC[Si](CC[Si](OCC)(OCC)OCC)(OCC)OCC. The van der Waals surface area contributed by atoms with Gasteiger partial charge in [0.1, 0.15) is 0 Å². The van der Waals surface area contributed by atoms with Crippen molar-refractivity contribution in [1.29, 1.82) is 0 Å². The Morgan fingerprint density at radius 1 is 0.778 bits per heavy atom. The van der Waals surface area contributed by atoms with Crippen molar-refractivity contribution in [3.63, 3.8) is 0 Å². The summed E-state index contributed by atoms with van der Waals surface area (Å²) in [6.07, 6.45) is 1.85. The third-order valence-electron chi connectivity index (χ3n) is 3.83. The summed E-state index contributed by atoms with van der Waals surface area (Å²) in [5, 5.41) is 0. The molecule has 7 nitrogen and oxygen atoms in total. The molecule has 0 bridgehead atoms. The number of hydrogen-bond donors (Lipinski definition) is 0. The van der Waals surface area contributed by atoms with Crippen LogP contribution >= 0.6 is 0 Å². The van der Waals surface area contributed by atoms with Crippen LogP contribution in [0.25, 0.3) is 0 Å². The summed E-state index contributed by atoms with van der Waals surface area (Å²) in [5.74, 6) is -0.412. The summed E-state index contributed by atoms with van der Waals surface area (Å²) in [7, 11) is -5.26. The van der Waals surface area contributed by atoms with Gasteiger partial charge in [-0.1, -0.05) is 6.58 Å². The highest BCUT2D eigenvalue weighted by Gasteiger charge is 2.46. The molecule has 0 aliphatic rings. The predicted molar refractivity (Wildman–Crippen MR) is 110 cm³/mol. The third-order valence-corrected chi connectivity index (χ3v) is 11.1. The summed E-state index contributed by atoms with van der Waals surface area (Å²) in [6.45, 7) is 16.3. The Labute approximate surface area is 166 Å². The zero-order valence-electron chi connectivity index (χ0n) is 17.7. The smallest absolute Gasteiger partial charge is 0.463 e. The molecule has 0 aromatic heterocycles. The highest BCUT2D eigenvalue weighted by Crippen LogP contribution is 2.29. The summed E-state index contributed by atoms with van der Waals surface area (Å²) in [5.41, 5.74) is 0. The molecule has 0 aromatic rings. The van der Waals surface area contributed by atoms with E-state index in [-0.39, 0.29) is 0 Å². The molecule has 0 saturated carbocycles. The molecule has 0 amide bonds. The molecule has 160 valence electrons. The van der Waals surface area contributed by atoms with Gasteiger partial charge in [0.2, 0.25) is 0 Å². The lowest BCUT2D eigenvalue weighted by molar-refractivity contribution is -0.137. The molecule has 0 N–H and O–H groups in total. The number of hydrogen-bond acceptors (Lipinski definition) is 7. The average molecular weight is 423 g/mol. The van der Waals surface area contributed by atoms with Gasteiger partial charge >= 0.3 is 23.3 Å². The van der Waals surface area contributed by atoms with Crippen LogP contribution in [0.1, 0.15) is 41.0 Å². The molecule has 0 heterocycles. The second-order valence-corrected chi connectivity index (χ2v) is 11.9. The van der Waals surface area contributed by atoms with Crippen LogP contribution < -0.4 is 0 Å². The predicted octanol–water partition coefficient (Wildman–Crippen LogP) is 3.67. The number of carbonyl (C=O) groups excluding carboxylic acids is 1. The molecule has 27 heavy (non-hydrogen) atoms. The van der Waals surface area contributed by atoms with Crippen molar-refractivity contribution in [3.8, 4) is 0 Å². The molecule has 0 unspecified atom stereocenters. The maximum Gasteiger partial charge on any atom is 0.500 e. The number of esters is 1. The average Bonchev–Trinajstić information content (AvgIpc) is 2.64. The second-order valence-electron chi connectivity index (χ2n) is 5.73. The Morgan fingerprint density at radius 3 is 1.67 bits per heavy atom. The Hall–Kier alpha value is -0.556. The minimum absolute atomic E-state index is 0.324. The van der Waals surface area contributed by atoms with E-state index in [1.165, 1.54) is 6.08 Å². The van der Waals surface area contributed by atoms with E-state index in [4.69, 9.17) is 26.9 Å². The van der Waals surface area contributed by atoms with E-state index >= 15 is 0 Å². The first-order valence-electron chi connectivity index (χ1n) is 9.95. The first-order chi connectivity index (χ1) is 13.0. The van der Waals surface area contributed by atoms with Crippen molar-refractivity contribution >= 4 is 23.3 Å². The van der Waals surface area contributed by atoms with Crippen LogP contribution in [0.5, 0.6) is 0 Å². The van der Waals surface area contributed by atoms with E-state index in [1.807, 2.05) is 34.6 Å². The Bertz CT molecular complexity index is 384. The van der Waals surface area contributed by atoms with Crippen molar-refractivity contribution < 1.29 is 31.7 Å². The van der Waals surface area contributed by atoms with Crippen LogP contribution in [0.3, 0.4) is 0 Å². The third kappa shape index (κ3) is 10.5. The van der Waals surface area contributed by atoms with E-state index in [1.54, 1.807) is 0 Å². The first kappa shape index (κ1) is 26.4. The van der Waals surface area contributed by atoms with Crippen LogP contribution in [0.15, 0.2) is 12.7 Å². The van der Waals surface area contributed by atoms with E-state index in [9.17, 15) is 4.79 Å². The minimum atomic E-state index is -2.76. The van der Waals surface area contributed by atoms with Crippen molar-refractivity contribution in [3.05, 3.63) is 12.7 Å². The summed E-state index contributed by atoms with van der Waals surface area (Å²) in [4.78, 5) is 11.2. The molecule has 0 aliphatic heterocycles. The van der Waals surface area contributed by atoms with Gasteiger partial charge in [0.05, 0.1) is 6.61 Å². The first-order valence-corrected chi connectivity index (χ1v) is 14.1. The van der Waals surface area contributed by atoms with Crippen molar-refractivity contribution in [1.82, 2.24) is 0 Å². The van der Waals surface area contributed by atoms with Gasteiger partial charge in [-0.25, -0.2) is 4.79 Å². The summed E-state index contributed by atoms with van der Waals surface area (Å²) >= 11 is 0. The Kier molecular flexibility index (Phi) is 15.1. The number of carbonyl (C=O) groups is 1. The van der Waals surface area contributed by atoms with Gasteiger partial charge in [-0.3, -0.25) is 0 Å². The van der Waals surface area contributed by atoms with Gasteiger partial charge in [-0.15, -0.1) is 0 Å². The molecular weight excluding hydrogens is 384 g/mol. The van der Waals surface area contributed by atoms with E-state index in [0.29, 0.717) is 52.1 Å². The highest BCUT2D eigenvalue weighted by atomic mass is 28.4. The van der Waals surface area contributed by atoms with Crippen molar-refractivity contribution in [2.24, 2.45) is 0 Å². The van der Waals surface area contributed by atoms with Crippen LogP contribution in [-0.4, -0.2) is 63.0 Å². The van der Waals surface area contributed by atoms with Gasteiger partial charge < -0.3 is 26.9 Å². The molecule has 0 aliphatic carbocycles. The molecule has 0 aromatic carbocycles. The Balaban J connectivity index is 5.11. The maximum atomic E-state index is 11.2. The monoisotopic (exact) mass is 422 g/mol. The van der Waals surface area contributed by atoms with Gasteiger partial charge in [0.25, 0.3) is 0 Å². The summed E-state index contributed by atoms with van der Waals surface area (Å²) in [6, 6.07) is 2.10. The van der Waals surface area contributed by atoms with Gasteiger partial charge in [-0.05, 0) is 53.1 Å². The van der Waals surface area contributed by atoms with Crippen LogP contribution in [0.4, 0.5) is 0 Å². The standard InChI is InChI=1S/C18H38O7Si2/c1-7-18(19)20-14-13-15-26(21-8-2,22-9-3)16-17-27(23-10-4,24-11-5)25-12-6/h7H,1,8-17H2,2-6H3. The van der Waals surface area contributed by atoms with Gasteiger partial charge in [0, 0.05) is 45.2 Å². The fourth-order valence-corrected chi connectivity index (χ4v) is 10.3. The quantitative estimate of drug-likeness (QED) is 0.144. The van der Waals surface area contributed by atoms with E-state index in [0.717, 1.165) is 12.1 Å². The maximum absolute atomic E-state index is 11.2. The molecule has 0 radical (unpaired) electrons. The van der Waals surface area contributed by atoms with E-state index < -0.39 is 23.3 Å².